The Bertz CT molecular complexity index is 229. The molecule has 1 fully saturated rings. The molecule has 12 heavy (non-hydrogen) atoms. The summed E-state index contributed by atoms with van der Waals surface area (Å²) in [7, 11) is 0. The summed E-state index contributed by atoms with van der Waals surface area (Å²) in [5.41, 5.74) is 4.38. The van der Waals surface area contributed by atoms with Gasteiger partial charge in [0.1, 0.15) is 0 Å². The van der Waals surface area contributed by atoms with Crippen LogP contribution < -0.4 is 5.48 Å². The van der Waals surface area contributed by atoms with Gasteiger partial charge in [-0.2, -0.15) is 5.48 Å². The number of rotatable bonds is 2. The van der Waals surface area contributed by atoms with E-state index >= 15 is 0 Å². The summed E-state index contributed by atoms with van der Waals surface area (Å²) in [6.45, 7) is 0.845. The summed E-state index contributed by atoms with van der Waals surface area (Å²) in [6.07, 6.45) is 2.19. The fourth-order valence-electron chi connectivity index (χ4n) is 1.48. The first-order valence-corrected chi connectivity index (χ1v) is 4.36. The van der Waals surface area contributed by atoms with Crippen molar-refractivity contribution in [2.45, 2.75) is 18.9 Å². The molecule has 1 atom stereocenters. The molecule has 0 radical (unpaired) electrons. The Balaban J connectivity index is 1.94. The molecule has 64 valence electrons. The molecule has 1 aliphatic heterocycles. The molecule has 0 amide bonds. The number of nitrogens with one attached hydrogen (secondary N) is 1. The van der Waals surface area contributed by atoms with Crippen LogP contribution >= 0.6 is 0 Å². The molecule has 2 nitrogen and oxygen atoms in total. The molecule has 0 spiro atoms. The van der Waals surface area contributed by atoms with Crippen LogP contribution in [-0.4, -0.2) is 12.6 Å². The van der Waals surface area contributed by atoms with Crippen LogP contribution in [0.1, 0.15) is 12.0 Å². The average molecular weight is 163 g/mol. The lowest BCUT2D eigenvalue weighted by atomic mass is 10.1. The first-order valence-electron chi connectivity index (χ1n) is 4.36. The molecule has 1 N–H and O–H groups in total. The van der Waals surface area contributed by atoms with Gasteiger partial charge in [-0.3, -0.25) is 0 Å². The lowest BCUT2D eigenvalue weighted by Gasteiger charge is -2.07. The smallest absolute Gasteiger partial charge is 0.0698 e. The SMILES string of the molecule is c1ccc(C[C@@H]2CCON2)cc1. The van der Waals surface area contributed by atoms with Gasteiger partial charge >= 0.3 is 0 Å². The minimum atomic E-state index is 0.507. The fourth-order valence-corrected chi connectivity index (χ4v) is 1.48. The van der Waals surface area contributed by atoms with Crippen molar-refractivity contribution in [3.05, 3.63) is 35.9 Å². The third kappa shape index (κ3) is 1.84. The molecule has 0 bridgehead atoms. The zero-order chi connectivity index (χ0) is 8.23. The molecule has 0 aromatic heterocycles. The molecule has 0 unspecified atom stereocenters. The molecule has 1 aromatic rings. The van der Waals surface area contributed by atoms with E-state index in [0.29, 0.717) is 6.04 Å². The largest absolute Gasteiger partial charge is 0.301 e. The van der Waals surface area contributed by atoms with Crippen LogP contribution in [-0.2, 0) is 11.3 Å². The standard InChI is InChI=1S/C10H13NO/c1-2-4-9(5-3-1)8-10-6-7-12-11-10/h1-5,10-11H,6-8H2/t10-/m0/s1. The summed E-state index contributed by atoms with van der Waals surface area (Å²) in [4.78, 5) is 5.08. The van der Waals surface area contributed by atoms with E-state index in [1.165, 1.54) is 5.56 Å². The summed E-state index contributed by atoms with van der Waals surface area (Å²) in [5.74, 6) is 0. The van der Waals surface area contributed by atoms with Gasteiger partial charge in [0.25, 0.3) is 0 Å². The van der Waals surface area contributed by atoms with Crippen molar-refractivity contribution in [3.63, 3.8) is 0 Å². The van der Waals surface area contributed by atoms with E-state index < -0.39 is 0 Å². The Morgan fingerprint density at radius 3 is 2.83 bits per heavy atom. The van der Waals surface area contributed by atoms with Crippen LogP contribution in [0.25, 0.3) is 0 Å². The maximum atomic E-state index is 5.08. The van der Waals surface area contributed by atoms with E-state index in [9.17, 15) is 0 Å². The number of hydroxylamine groups is 1. The maximum Gasteiger partial charge on any atom is 0.0698 e. The zero-order valence-corrected chi connectivity index (χ0v) is 6.99. The summed E-state index contributed by atoms with van der Waals surface area (Å²) < 4.78 is 0. The Morgan fingerprint density at radius 1 is 1.33 bits per heavy atom. The molecule has 1 aliphatic rings. The summed E-state index contributed by atoms with van der Waals surface area (Å²) in [5, 5.41) is 0. The van der Waals surface area contributed by atoms with E-state index in [-0.39, 0.29) is 0 Å². The zero-order valence-electron chi connectivity index (χ0n) is 6.99. The third-order valence-electron chi connectivity index (χ3n) is 2.14. The van der Waals surface area contributed by atoms with Gasteiger partial charge < -0.3 is 4.84 Å². The molecular weight excluding hydrogens is 150 g/mol. The third-order valence-corrected chi connectivity index (χ3v) is 2.14. The Labute approximate surface area is 72.5 Å². The van der Waals surface area contributed by atoms with Crippen molar-refractivity contribution in [1.29, 1.82) is 0 Å². The van der Waals surface area contributed by atoms with Gasteiger partial charge in [0.05, 0.1) is 6.61 Å². The average Bonchev–Trinajstić information content (AvgIpc) is 2.59. The predicted molar refractivity (Wildman–Crippen MR) is 47.6 cm³/mol. The monoisotopic (exact) mass is 163 g/mol. The van der Waals surface area contributed by atoms with E-state index in [1.807, 2.05) is 6.07 Å². The Kier molecular flexibility index (Phi) is 2.39. The number of hydrogen-bond acceptors (Lipinski definition) is 2. The lowest BCUT2D eigenvalue weighted by Crippen LogP contribution is -2.22. The van der Waals surface area contributed by atoms with Gasteiger partial charge in [0, 0.05) is 6.04 Å². The highest BCUT2D eigenvalue weighted by atomic mass is 16.7. The Morgan fingerprint density at radius 2 is 2.17 bits per heavy atom. The van der Waals surface area contributed by atoms with Gasteiger partial charge in [-0.25, -0.2) is 0 Å². The molecule has 0 saturated carbocycles. The van der Waals surface area contributed by atoms with E-state index in [4.69, 9.17) is 4.84 Å². The van der Waals surface area contributed by atoms with Crippen LogP contribution in [0.4, 0.5) is 0 Å². The van der Waals surface area contributed by atoms with Crippen molar-refractivity contribution in [2.75, 3.05) is 6.61 Å². The lowest BCUT2D eigenvalue weighted by molar-refractivity contribution is 0.0883. The van der Waals surface area contributed by atoms with E-state index in [0.717, 1.165) is 19.4 Å². The maximum absolute atomic E-state index is 5.08. The van der Waals surface area contributed by atoms with Gasteiger partial charge in [-0.05, 0) is 18.4 Å². The first-order chi connectivity index (χ1) is 5.95. The first kappa shape index (κ1) is 7.77. The van der Waals surface area contributed by atoms with Crippen molar-refractivity contribution < 1.29 is 4.84 Å². The second-order valence-corrected chi connectivity index (χ2v) is 3.14. The van der Waals surface area contributed by atoms with Crippen molar-refractivity contribution >= 4 is 0 Å². The van der Waals surface area contributed by atoms with Crippen molar-refractivity contribution in [3.8, 4) is 0 Å². The quantitative estimate of drug-likeness (QED) is 0.713. The van der Waals surface area contributed by atoms with Gasteiger partial charge in [-0.1, -0.05) is 30.3 Å². The highest BCUT2D eigenvalue weighted by Crippen LogP contribution is 2.09. The topological polar surface area (TPSA) is 21.3 Å². The van der Waals surface area contributed by atoms with E-state index in [1.54, 1.807) is 0 Å². The van der Waals surface area contributed by atoms with Crippen LogP contribution in [0.5, 0.6) is 0 Å². The summed E-state index contributed by atoms with van der Waals surface area (Å²) in [6, 6.07) is 11.0. The molecule has 2 heteroatoms. The van der Waals surface area contributed by atoms with Gasteiger partial charge in [-0.15, -0.1) is 0 Å². The van der Waals surface area contributed by atoms with Crippen LogP contribution in [0.2, 0.25) is 0 Å². The van der Waals surface area contributed by atoms with E-state index in [2.05, 4.69) is 29.7 Å². The normalized spacial score (nSPS) is 22.8. The highest BCUT2D eigenvalue weighted by molar-refractivity contribution is 5.15. The predicted octanol–water partition coefficient (Wildman–Crippen LogP) is 1.52. The molecule has 1 heterocycles. The van der Waals surface area contributed by atoms with Gasteiger partial charge in [0.2, 0.25) is 0 Å². The van der Waals surface area contributed by atoms with Crippen LogP contribution in [0.3, 0.4) is 0 Å². The van der Waals surface area contributed by atoms with Crippen molar-refractivity contribution in [1.82, 2.24) is 5.48 Å². The molecular formula is C10H13NO. The molecule has 0 aliphatic carbocycles. The Hall–Kier alpha value is -0.860. The van der Waals surface area contributed by atoms with Gasteiger partial charge in [0.15, 0.2) is 0 Å². The molecule has 1 saturated heterocycles. The molecule has 2 rings (SSSR count). The van der Waals surface area contributed by atoms with Crippen LogP contribution in [0.15, 0.2) is 30.3 Å². The minimum absolute atomic E-state index is 0.507. The second kappa shape index (κ2) is 3.70. The van der Waals surface area contributed by atoms with Crippen molar-refractivity contribution in [2.24, 2.45) is 0 Å². The number of benzene rings is 1. The molecule has 1 aromatic carbocycles. The minimum Gasteiger partial charge on any atom is -0.301 e. The highest BCUT2D eigenvalue weighted by Gasteiger charge is 2.14. The summed E-state index contributed by atoms with van der Waals surface area (Å²) >= 11 is 0. The van der Waals surface area contributed by atoms with Crippen LogP contribution in [0, 0.1) is 0 Å². The fraction of sp³-hybridized carbons (Fsp3) is 0.400. The second-order valence-electron chi connectivity index (χ2n) is 3.14. The number of hydrogen-bond donors (Lipinski definition) is 1.